The minimum Gasteiger partial charge on any atom is -0.477 e. The number of benzene rings is 1. The maximum absolute atomic E-state index is 11.8. The van der Waals surface area contributed by atoms with Gasteiger partial charge in [0, 0.05) is 22.4 Å². The normalized spacial score (nSPS) is 10.3. The van der Waals surface area contributed by atoms with Gasteiger partial charge in [-0.15, -0.1) is 23.1 Å². The summed E-state index contributed by atoms with van der Waals surface area (Å²) in [5, 5.41) is 13.9. The minimum absolute atomic E-state index is 0.121. The van der Waals surface area contributed by atoms with Crippen LogP contribution in [-0.2, 0) is 4.79 Å². The summed E-state index contributed by atoms with van der Waals surface area (Å²) in [6.45, 7) is 0. The summed E-state index contributed by atoms with van der Waals surface area (Å²) in [6.07, 6.45) is 0.328. The fourth-order valence-corrected chi connectivity index (χ4v) is 3.55. The molecular weight excluding hydrogens is 330 g/mol. The quantitative estimate of drug-likeness (QED) is 0.772. The second-order valence-electron chi connectivity index (χ2n) is 4.08. The molecule has 2 aromatic rings. The third-order valence-electron chi connectivity index (χ3n) is 2.53. The Kier molecular flexibility index (Phi) is 5.67. The number of thioether (sulfide) groups is 1. The number of para-hydroxylation sites is 1. The van der Waals surface area contributed by atoms with Crippen molar-refractivity contribution in [1.29, 1.82) is 0 Å². The number of carbonyl (C=O) groups excluding carboxylic acids is 1. The number of hydrogen-bond acceptors (Lipinski definition) is 4. The van der Waals surface area contributed by atoms with Gasteiger partial charge in [0.2, 0.25) is 5.91 Å². The largest absolute Gasteiger partial charge is 0.477 e. The standard InChI is InChI=1S/C14H12ClNO3S2/c15-10-3-1-2-4-11(10)16-13(17)5-6-20-9-7-12(14(18)19)21-8-9/h1-4,7-8H,5-6H2,(H,16,17)(H,18,19). The van der Waals surface area contributed by atoms with Crippen LogP contribution in [0.1, 0.15) is 16.1 Å². The van der Waals surface area contributed by atoms with Crippen LogP contribution in [-0.4, -0.2) is 22.7 Å². The first kappa shape index (κ1) is 15.9. The van der Waals surface area contributed by atoms with Crippen LogP contribution < -0.4 is 5.32 Å². The van der Waals surface area contributed by atoms with Gasteiger partial charge >= 0.3 is 5.97 Å². The molecule has 0 aliphatic heterocycles. The summed E-state index contributed by atoms with van der Waals surface area (Å²) in [4.78, 5) is 23.7. The first-order valence-electron chi connectivity index (χ1n) is 6.05. The lowest BCUT2D eigenvalue weighted by Gasteiger charge is -2.06. The first-order chi connectivity index (χ1) is 10.1. The average molecular weight is 342 g/mol. The molecule has 0 aliphatic rings. The van der Waals surface area contributed by atoms with E-state index < -0.39 is 5.97 Å². The smallest absolute Gasteiger partial charge is 0.345 e. The van der Waals surface area contributed by atoms with E-state index in [0.29, 0.717) is 27.8 Å². The maximum Gasteiger partial charge on any atom is 0.345 e. The Morgan fingerprint density at radius 3 is 2.76 bits per heavy atom. The molecule has 0 spiro atoms. The van der Waals surface area contributed by atoms with Crippen LogP contribution in [0.5, 0.6) is 0 Å². The molecular formula is C14H12ClNO3S2. The second kappa shape index (κ2) is 7.49. The monoisotopic (exact) mass is 341 g/mol. The highest BCUT2D eigenvalue weighted by molar-refractivity contribution is 7.99. The van der Waals surface area contributed by atoms with Crippen molar-refractivity contribution >= 4 is 52.3 Å². The maximum atomic E-state index is 11.8. The summed E-state index contributed by atoms with van der Waals surface area (Å²) >= 11 is 8.59. The van der Waals surface area contributed by atoms with Crippen LogP contribution in [0.3, 0.4) is 0 Å². The van der Waals surface area contributed by atoms with Crippen molar-refractivity contribution in [2.24, 2.45) is 0 Å². The topological polar surface area (TPSA) is 66.4 Å². The molecule has 1 heterocycles. The number of anilines is 1. The molecule has 0 saturated heterocycles. The summed E-state index contributed by atoms with van der Waals surface area (Å²) in [5.74, 6) is -0.473. The van der Waals surface area contributed by atoms with E-state index >= 15 is 0 Å². The van der Waals surface area contributed by atoms with Crippen molar-refractivity contribution in [3.05, 3.63) is 45.6 Å². The Hall–Kier alpha value is -1.50. The van der Waals surface area contributed by atoms with Gasteiger partial charge < -0.3 is 10.4 Å². The average Bonchev–Trinajstić information content (AvgIpc) is 2.90. The highest BCUT2D eigenvalue weighted by atomic mass is 35.5. The highest BCUT2D eigenvalue weighted by Gasteiger charge is 2.09. The number of carboxylic acid groups (broad SMARTS) is 1. The van der Waals surface area contributed by atoms with Gasteiger partial charge in [-0.1, -0.05) is 23.7 Å². The molecule has 2 rings (SSSR count). The molecule has 0 fully saturated rings. The zero-order chi connectivity index (χ0) is 15.2. The molecule has 2 N–H and O–H groups in total. The van der Waals surface area contributed by atoms with Gasteiger partial charge in [0.1, 0.15) is 4.88 Å². The van der Waals surface area contributed by atoms with Crippen LogP contribution in [0.2, 0.25) is 5.02 Å². The summed E-state index contributed by atoms with van der Waals surface area (Å²) in [5.41, 5.74) is 0.595. The van der Waals surface area contributed by atoms with E-state index in [9.17, 15) is 9.59 Å². The lowest BCUT2D eigenvalue weighted by atomic mass is 10.3. The third-order valence-corrected chi connectivity index (χ3v) is 4.91. The zero-order valence-corrected chi connectivity index (χ0v) is 13.2. The predicted molar refractivity (Wildman–Crippen MR) is 86.7 cm³/mol. The van der Waals surface area contributed by atoms with Crippen molar-refractivity contribution in [1.82, 2.24) is 0 Å². The number of carbonyl (C=O) groups is 2. The molecule has 4 nitrogen and oxygen atoms in total. The number of rotatable bonds is 6. The number of amides is 1. The number of thiophene rings is 1. The predicted octanol–water partition coefficient (Wildman–Crippen LogP) is 4.22. The van der Waals surface area contributed by atoms with Gasteiger partial charge in [-0.3, -0.25) is 4.79 Å². The zero-order valence-electron chi connectivity index (χ0n) is 10.8. The number of aromatic carboxylic acids is 1. The van der Waals surface area contributed by atoms with Crippen molar-refractivity contribution in [2.45, 2.75) is 11.3 Å². The van der Waals surface area contributed by atoms with Gasteiger partial charge in [0.05, 0.1) is 10.7 Å². The number of nitrogens with one attached hydrogen (secondary N) is 1. The Morgan fingerprint density at radius 2 is 2.10 bits per heavy atom. The molecule has 7 heteroatoms. The highest BCUT2D eigenvalue weighted by Crippen LogP contribution is 2.26. The van der Waals surface area contributed by atoms with E-state index in [2.05, 4.69) is 5.32 Å². The van der Waals surface area contributed by atoms with Crippen LogP contribution in [0.15, 0.2) is 40.6 Å². The lowest BCUT2D eigenvalue weighted by Crippen LogP contribution is -2.12. The van der Waals surface area contributed by atoms with Gasteiger partial charge in [-0.05, 0) is 18.2 Å². The number of hydrogen-bond donors (Lipinski definition) is 2. The Morgan fingerprint density at radius 1 is 1.33 bits per heavy atom. The molecule has 0 bridgehead atoms. The van der Waals surface area contributed by atoms with E-state index in [1.54, 1.807) is 35.7 Å². The molecule has 21 heavy (non-hydrogen) atoms. The van der Waals surface area contributed by atoms with E-state index in [1.807, 2.05) is 0 Å². The van der Waals surface area contributed by atoms with Crippen molar-refractivity contribution in [2.75, 3.05) is 11.1 Å². The minimum atomic E-state index is -0.927. The Balaban J connectivity index is 1.79. The fourth-order valence-electron chi connectivity index (χ4n) is 1.54. The van der Waals surface area contributed by atoms with Gasteiger partial charge in [-0.2, -0.15) is 0 Å². The second-order valence-corrected chi connectivity index (χ2v) is 6.57. The van der Waals surface area contributed by atoms with Gasteiger partial charge in [0.15, 0.2) is 0 Å². The number of halogens is 1. The summed E-state index contributed by atoms with van der Waals surface area (Å²) < 4.78 is 0. The first-order valence-corrected chi connectivity index (χ1v) is 8.29. The van der Waals surface area contributed by atoms with Crippen LogP contribution in [0, 0.1) is 0 Å². The molecule has 110 valence electrons. The SMILES string of the molecule is O=C(CCSc1csc(C(=O)O)c1)Nc1ccccc1Cl. The van der Waals surface area contributed by atoms with Crippen LogP contribution in [0.4, 0.5) is 5.69 Å². The molecule has 0 unspecified atom stereocenters. The van der Waals surface area contributed by atoms with E-state index in [-0.39, 0.29) is 5.91 Å². The Labute approximate surface area is 135 Å². The van der Waals surface area contributed by atoms with Crippen molar-refractivity contribution < 1.29 is 14.7 Å². The number of carboxylic acids is 1. The van der Waals surface area contributed by atoms with Crippen LogP contribution >= 0.6 is 34.7 Å². The van der Waals surface area contributed by atoms with Crippen molar-refractivity contribution in [3.8, 4) is 0 Å². The molecule has 1 aromatic heterocycles. The van der Waals surface area contributed by atoms with Crippen LogP contribution in [0.25, 0.3) is 0 Å². The van der Waals surface area contributed by atoms with Gasteiger partial charge in [0.25, 0.3) is 0 Å². The fraction of sp³-hybridized carbons (Fsp3) is 0.143. The molecule has 0 aliphatic carbocycles. The van der Waals surface area contributed by atoms with E-state index in [0.717, 1.165) is 4.90 Å². The lowest BCUT2D eigenvalue weighted by molar-refractivity contribution is -0.115. The molecule has 0 radical (unpaired) electrons. The summed E-state index contributed by atoms with van der Waals surface area (Å²) in [7, 11) is 0. The van der Waals surface area contributed by atoms with E-state index in [1.165, 1.54) is 23.1 Å². The third kappa shape index (κ3) is 4.77. The molecule has 1 amide bonds. The summed E-state index contributed by atoms with van der Waals surface area (Å²) in [6, 6.07) is 8.67. The van der Waals surface area contributed by atoms with Crippen molar-refractivity contribution in [3.63, 3.8) is 0 Å². The molecule has 0 saturated carbocycles. The molecule has 0 atom stereocenters. The Bertz CT molecular complexity index is 657. The van der Waals surface area contributed by atoms with Gasteiger partial charge in [-0.25, -0.2) is 4.79 Å². The van der Waals surface area contributed by atoms with E-state index in [4.69, 9.17) is 16.7 Å². The molecule has 1 aromatic carbocycles.